The van der Waals surface area contributed by atoms with Crippen molar-refractivity contribution in [1.29, 1.82) is 0 Å². The van der Waals surface area contributed by atoms with Gasteiger partial charge in [-0.25, -0.2) is 18.1 Å². The number of hydrogen-bond acceptors (Lipinski definition) is 8. The molecule has 0 amide bonds. The number of aromatic amines is 1. The van der Waals surface area contributed by atoms with E-state index in [4.69, 9.17) is 9.47 Å². The van der Waals surface area contributed by atoms with Gasteiger partial charge in [-0.1, -0.05) is 43.5 Å². The molecule has 38 heavy (non-hydrogen) atoms. The summed E-state index contributed by atoms with van der Waals surface area (Å²) in [5.74, 6) is 1.89. The number of nitrogens with zero attached hydrogens (tertiary/aromatic N) is 3. The van der Waals surface area contributed by atoms with Gasteiger partial charge in [0.15, 0.2) is 5.65 Å². The maximum Gasteiger partial charge on any atom is 0.245 e. The number of fused-ring (bicyclic) bond motifs is 1. The monoisotopic (exact) mass is 536 g/mol. The number of nitrogens with one attached hydrogen (secondary N) is 3. The number of H-pyrrole nitrogens is 1. The fourth-order valence-corrected chi connectivity index (χ4v) is 5.70. The second-order valence-corrected chi connectivity index (χ2v) is 11.3. The minimum absolute atomic E-state index is 0.159. The second-order valence-electron chi connectivity index (χ2n) is 9.52. The first kappa shape index (κ1) is 25.9. The minimum Gasteiger partial charge on any atom is -0.497 e. The van der Waals surface area contributed by atoms with Crippen molar-refractivity contribution >= 4 is 32.8 Å². The van der Waals surface area contributed by atoms with Crippen LogP contribution in [0.4, 0.5) is 11.6 Å². The molecule has 0 bridgehead atoms. The van der Waals surface area contributed by atoms with Crippen LogP contribution in [0.25, 0.3) is 11.2 Å². The van der Waals surface area contributed by atoms with Crippen LogP contribution in [0, 0.1) is 5.92 Å². The third kappa shape index (κ3) is 6.78. The van der Waals surface area contributed by atoms with Crippen LogP contribution in [0.3, 0.4) is 0 Å². The number of aromatic nitrogens is 4. The lowest BCUT2D eigenvalue weighted by atomic mass is 9.90. The molecule has 0 unspecified atom stereocenters. The summed E-state index contributed by atoms with van der Waals surface area (Å²) in [4.78, 5) is 16.4. The first-order valence-corrected chi connectivity index (χ1v) is 14.4. The third-order valence-corrected chi connectivity index (χ3v) is 7.93. The van der Waals surface area contributed by atoms with Gasteiger partial charge in [-0.15, -0.1) is 0 Å². The number of rotatable bonds is 11. The van der Waals surface area contributed by atoms with E-state index in [9.17, 15) is 8.42 Å². The molecule has 3 N–H and O–H groups in total. The van der Waals surface area contributed by atoms with E-state index >= 15 is 0 Å². The summed E-state index contributed by atoms with van der Waals surface area (Å²) in [6, 6.07) is 14.4. The zero-order valence-corrected chi connectivity index (χ0v) is 22.1. The van der Waals surface area contributed by atoms with Crippen LogP contribution in [0.5, 0.6) is 11.6 Å². The quantitative estimate of drug-likeness (QED) is 0.252. The van der Waals surface area contributed by atoms with Gasteiger partial charge in [0, 0.05) is 12.2 Å². The van der Waals surface area contributed by atoms with Gasteiger partial charge < -0.3 is 19.8 Å². The Morgan fingerprint density at radius 1 is 1.03 bits per heavy atom. The lowest BCUT2D eigenvalue weighted by molar-refractivity contribution is 0.205. The Morgan fingerprint density at radius 2 is 1.84 bits per heavy atom. The Bertz CT molecular complexity index is 1470. The van der Waals surface area contributed by atoms with E-state index in [-0.39, 0.29) is 12.3 Å². The highest BCUT2D eigenvalue weighted by atomic mass is 32.2. The smallest absolute Gasteiger partial charge is 0.245 e. The normalized spacial score (nSPS) is 14.4. The van der Waals surface area contributed by atoms with Crippen molar-refractivity contribution in [2.45, 2.75) is 44.4 Å². The van der Waals surface area contributed by atoms with Crippen molar-refractivity contribution < 1.29 is 17.9 Å². The first-order chi connectivity index (χ1) is 18.5. The van der Waals surface area contributed by atoms with Gasteiger partial charge in [0.25, 0.3) is 0 Å². The van der Waals surface area contributed by atoms with Gasteiger partial charge in [-0.3, -0.25) is 0 Å². The van der Waals surface area contributed by atoms with Crippen LogP contribution in [0.15, 0.2) is 54.9 Å². The molecule has 2 aromatic heterocycles. The summed E-state index contributed by atoms with van der Waals surface area (Å²) in [6.07, 6.45) is 7.70. The van der Waals surface area contributed by atoms with Crippen LogP contribution in [-0.2, 0) is 22.3 Å². The van der Waals surface area contributed by atoms with Crippen molar-refractivity contribution in [3.05, 3.63) is 66.0 Å². The van der Waals surface area contributed by atoms with E-state index < -0.39 is 10.0 Å². The summed E-state index contributed by atoms with van der Waals surface area (Å²) in [5.41, 5.74) is 3.31. The van der Waals surface area contributed by atoms with E-state index in [1.807, 2.05) is 18.2 Å². The zero-order chi connectivity index (χ0) is 26.4. The summed E-state index contributed by atoms with van der Waals surface area (Å²) < 4.78 is 39.3. The fraction of sp³-hybridized carbons (Fsp3) is 0.370. The van der Waals surface area contributed by atoms with Gasteiger partial charge >= 0.3 is 0 Å². The van der Waals surface area contributed by atoms with E-state index in [0.717, 1.165) is 11.3 Å². The molecule has 0 radical (unpaired) electrons. The van der Waals surface area contributed by atoms with Crippen molar-refractivity contribution in [2.24, 2.45) is 5.92 Å². The molecule has 1 aliphatic carbocycles. The second kappa shape index (κ2) is 11.8. The Kier molecular flexibility index (Phi) is 8.04. The molecule has 2 heterocycles. The molecule has 0 saturated heterocycles. The highest BCUT2D eigenvalue weighted by molar-refractivity contribution is 7.88. The molecule has 5 rings (SSSR count). The van der Waals surface area contributed by atoms with Crippen LogP contribution in [0.1, 0.15) is 43.2 Å². The van der Waals surface area contributed by atoms with E-state index in [1.165, 1.54) is 32.1 Å². The topological polar surface area (TPSA) is 131 Å². The Labute approximate surface area is 222 Å². The zero-order valence-electron chi connectivity index (χ0n) is 21.3. The Hall–Kier alpha value is -3.70. The molecular weight excluding hydrogens is 504 g/mol. The number of sulfonamides is 1. The molecule has 1 fully saturated rings. The molecule has 0 aliphatic heterocycles. The van der Waals surface area contributed by atoms with Gasteiger partial charge in [0.1, 0.15) is 11.3 Å². The molecule has 4 aromatic rings. The molecule has 11 heteroatoms. The van der Waals surface area contributed by atoms with E-state index in [2.05, 4.69) is 30.0 Å². The average molecular weight is 537 g/mol. The predicted octanol–water partition coefficient (Wildman–Crippen LogP) is 4.68. The van der Waals surface area contributed by atoms with Crippen molar-refractivity contribution in [3.63, 3.8) is 0 Å². The summed E-state index contributed by atoms with van der Waals surface area (Å²) in [5, 5.41) is 3.18. The number of ether oxygens (including phenoxy) is 2. The summed E-state index contributed by atoms with van der Waals surface area (Å²) >= 11 is 0. The number of imidazole rings is 1. The summed E-state index contributed by atoms with van der Waals surface area (Å²) in [6.45, 7) is 0.812. The van der Waals surface area contributed by atoms with Gasteiger partial charge in [-0.05, 0) is 54.2 Å². The molecule has 0 atom stereocenters. The SMILES string of the molecule is COc1ccc(CNS(=O)(=O)Cc2cccc(Nc3nc(OCC4CCCCC4)c4[nH]cnc4n3)c2)cc1. The highest BCUT2D eigenvalue weighted by Gasteiger charge is 2.18. The number of methoxy groups -OCH3 is 1. The van der Waals surface area contributed by atoms with Crippen molar-refractivity contribution in [3.8, 4) is 11.6 Å². The fourth-order valence-electron chi connectivity index (χ4n) is 4.59. The van der Waals surface area contributed by atoms with E-state index in [0.29, 0.717) is 46.8 Å². The Balaban J connectivity index is 1.24. The molecule has 200 valence electrons. The largest absolute Gasteiger partial charge is 0.497 e. The van der Waals surface area contributed by atoms with Crippen LogP contribution in [-0.4, -0.2) is 42.1 Å². The standard InChI is InChI=1S/C27H32N6O4S/c1-36-23-12-10-19(11-13-23)15-30-38(34,35)17-21-8-5-9-22(14-21)31-27-32-25-24(28-18-29-25)26(33-27)37-16-20-6-3-2-4-7-20/h5,8-14,18,20,30H,2-4,6-7,15-17H2,1H3,(H2,28,29,31,32,33). The maximum atomic E-state index is 12.7. The third-order valence-electron chi connectivity index (χ3n) is 6.63. The van der Waals surface area contributed by atoms with Crippen molar-refractivity contribution in [1.82, 2.24) is 24.7 Å². The van der Waals surface area contributed by atoms with Gasteiger partial charge in [-0.2, -0.15) is 9.97 Å². The van der Waals surface area contributed by atoms with Gasteiger partial charge in [0.05, 0.1) is 25.8 Å². The van der Waals surface area contributed by atoms with Crippen LogP contribution < -0.4 is 19.5 Å². The van der Waals surface area contributed by atoms with E-state index in [1.54, 1.807) is 43.8 Å². The lowest BCUT2D eigenvalue weighted by Gasteiger charge is -2.21. The van der Waals surface area contributed by atoms with Crippen molar-refractivity contribution in [2.75, 3.05) is 19.0 Å². The predicted molar refractivity (Wildman–Crippen MR) is 146 cm³/mol. The minimum atomic E-state index is -3.56. The molecule has 1 aliphatic rings. The Morgan fingerprint density at radius 3 is 2.63 bits per heavy atom. The van der Waals surface area contributed by atoms with Gasteiger partial charge in [0.2, 0.25) is 21.9 Å². The number of hydrogen-bond donors (Lipinski definition) is 3. The molecule has 2 aromatic carbocycles. The summed E-state index contributed by atoms with van der Waals surface area (Å²) in [7, 11) is -1.97. The maximum absolute atomic E-state index is 12.7. The highest BCUT2D eigenvalue weighted by Crippen LogP contribution is 2.27. The average Bonchev–Trinajstić information content (AvgIpc) is 3.40. The first-order valence-electron chi connectivity index (χ1n) is 12.8. The lowest BCUT2D eigenvalue weighted by Crippen LogP contribution is -2.24. The van der Waals surface area contributed by atoms with Crippen LogP contribution >= 0.6 is 0 Å². The molecule has 1 saturated carbocycles. The van der Waals surface area contributed by atoms with Crippen LogP contribution in [0.2, 0.25) is 0 Å². The number of anilines is 2. The molecule has 10 nitrogen and oxygen atoms in total. The molecular formula is C27H32N6O4S. The number of benzene rings is 2. The molecule has 0 spiro atoms.